The molecule has 0 aliphatic heterocycles. The first-order valence-electron chi connectivity index (χ1n) is 4.29. The van der Waals surface area contributed by atoms with Gasteiger partial charge in [0.05, 0.1) is 0 Å². The lowest BCUT2D eigenvalue weighted by Gasteiger charge is -2.13. The van der Waals surface area contributed by atoms with E-state index in [-0.39, 0.29) is 0 Å². The molecule has 0 heterocycles. The maximum absolute atomic E-state index is 12.5. The van der Waals surface area contributed by atoms with Crippen molar-refractivity contribution in [2.24, 2.45) is 0 Å². The second-order valence-electron chi connectivity index (χ2n) is 2.96. The van der Waals surface area contributed by atoms with Crippen LogP contribution in [0.5, 0.6) is 0 Å². The molecule has 1 amide bonds. The minimum Gasteiger partial charge on any atom is -0.371 e. The zero-order chi connectivity index (χ0) is 10.6. The van der Waals surface area contributed by atoms with Crippen molar-refractivity contribution in [3.05, 3.63) is 35.9 Å². The first-order valence-corrected chi connectivity index (χ1v) is 4.29. The normalized spacial score (nSPS) is 14.5. The minimum atomic E-state index is -1.48. The van der Waals surface area contributed by atoms with Crippen LogP contribution < -0.4 is 5.32 Å². The smallest absolute Gasteiger partial charge is 0.253 e. The fourth-order valence-corrected chi connectivity index (χ4v) is 0.922. The molecule has 0 bridgehead atoms. The molecule has 3 nitrogen and oxygen atoms in total. The molecule has 14 heavy (non-hydrogen) atoms. The number of aliphatic hydroxyl groups is 1. The number of hydrogen-bond acceptors (Lipinski definition) is 2. The highest BCUT2D eigenvalue weighted by Gasteiger charge is 2.15. The van der Waals surface area contributed by atoms with E-state index in [1.165, 1.54) is 6.92 Å². The van der Waals surface area contributed by atoms with Crippen LogP contribution in [0.4, 0.5) is 4.39 Å². The molecule has 0 saturated carbocycles. The molecule has 0 saturated heterocycles. The van der Waals surface area contributed by atoms with Crippen LogP contribution in [0.25, 0.3) is 0 Å². The molecule has 0 aromatic heterocycles. The highest BCUT2D eigenvalue weighted by Crippen LogP contribution is 2.00. The number of benzene rings is 1. The lowest BCUT2D eigenvalue weighted by Crippen LogP contribution is -2.40. The van der Waals surface area contributed by atoms with Crippen LogP contribution in [-0.4, -0.2) is 23.4 Å². The van der Waals surface area contributed by atoms with E-state index in [2.05, 4.69) is 5.32 Å². The first-order chi connectivity index (χ1) is 6.61. The maximum atomic E-state index is 12.5. The van der Waals surface area contributed by atoms with Gasteiger partial charge in [-0.25, -0.2) is 4.39 Å². The molecule has 1 aromatic carbocycles. The average molecular weight is 197 g/mol. The van der Waals surface area contributed by atoms with E-state index in [0.29, 0.717) is 5.56 Å². The van der Waals surface area contributed by atoms with Crippen molar-refractivity contribution in [2.45, 2.75) is 19.3 Å². The zero-order valence-corrected chi connectivity index (χ0v) is 7.77. The van der Waals surface area contributed by atoms with Crippen LogP contribution in [-0.2, 0) is 0 Å². The van der Waals surface area contributed by atoms with Gasteiger partial charge in [0.15, 0.2) is 6.23 Å². The largest absolute Gasteiger partial charge is 0.371 e. The summed E-state index contributed by atoms with van der Waals surface area (Å²) in [4.78, 5) is 11.3. The molecule has 0 fully saturated rings. The lowest BCUT2D eigenvalue weighted by molar-refractivity contribution is 0.0487. The Morgan fingerprint density at radius 3 is 2.50 bits per heavy atom. The SMILES string of the molecule is C[C@H](F)[C@@H](O)NC(=O)c1ccccc1. The van der Waals surface area contributed by atoms with E-state index < -0.39 is 18.3 Å². The number of rotatable bonds is 3. The van der Waals surface area contributed by atoms with Crippen LogP contribution in [0.2, 0.25) is 0 Å². The Labute approximate surface area is 81.6 Å². The predicted octanol–water partition coefficient (Wildman–Crippen LogP) is 1.09. The Hall–Kier alpha value is -1.42. The van der Waals surface area contributed by atoms with Crippen molar-refractivity contribution < 1.29 is 14.3 Å². The number of hydrogen-bond donors (Lipinski definition) is 2. The van der Waals surface area contributed by atoms with E-state index in [1.807, 2.05) is 0 Å². The monoisotopic (exact) mass is 197 g/mol. The molecule has 4 heteroatoms. The molecule has 0 spiro atoms. The lowest BCUT2D eigenvalue weighted by atomic mass is 10.2. The number of carbonyl (C=O) groups excluding carboxylic acids is 1. The van der Waals surface area contributed by atoms with Crippen LogP contribution in [0, 0.1) is 0 Å². The summed E-state index contributed by atoms with van der Waals surface area (Å²) >= 11 is 0. The Bertz CT molecular complexity index is 300. The third-order valence-corrected chi connectivity index (χ3v) is 1.75. The number of aliphatic hydroxyl groups excluding tert-OH is 1. The molecule has 2 atom stereocenters. The van der Waals surface area contributed by atoms with Crippen molar-refractivity contribution in [1.29, 1.82) is 0 Å². The second kappa shape index (κ2) is 4.72. The summed E-state index contributed by atoms with van der Waals surface area (Å²) in [5.41, 5.74) is 0.396. The summed E-state index contributed by atoms with van der Waals surface area (Å²) in [6, 6.07) is 8.33. The molecule has 0 aliphatic rings. The van der Waals surface area contributed by atoms with E-state index >= 15 is 0 Å². The third-order valence-electron chi connectivity index (χ3n) is 1.75. The molecular weight excluding hydrogens is 185 g/mol. The summed E-state index contributed by atoms with van der Waals surface area (Å²) in [5.74, 6) is -0.484. The van der Waals surface area contributed by atoms with Gasteiger partial charge in [-0.3, -0.25) is 4.79 Å². The van der Waals surface area contributed by atoms with Gasteiger partial charge in [0.25, 0.3) is 5.91 Å². The Morgan fingerprint density at radius 2 is 2.00 bits per heavy atom. The number of halogens is 1. The van der Waals surface area contributed by atoms with Gasteiger partial charge in [0.1, 0.15) is 6.17 Å². The van der Waals surface area contributed by atoms with E-state index in [1.54, 1.807) is 30.3 Å². The van der Waals surface area contributed by atoms with Gasteiger partial charge < -0.3 is 10.4 Å². The van der Waals surface area contributed by atoms with Gasteiger partial charge in [-0.15, -0.1) is 0 Å². The number of nitrogens with one attached hydrogen (secondary N) is 1. The van der Waals surface area contributed by atoms with Crippen LogP contribution in [0.1, 0.15) is 17.3 Å². The number of alkyl halides is 1. The van der Waals surface area contributed by atoms with Crippen molar-refractivity contribution in [3.8, 4) is 0 Å². The van der Waals surface area contributed by atoms with Crippen molar-refractivity contribution >= 4 is 5.91 Å². The maximum Gasteiger partial charge on any atom is 0.253 e. The fraction of sp³-hybridized carbons (Fsp3) is 0.300. The summed E-state index contributed by atoms with van der Waals surface area (Å²) < 4.78 is 12.5. The number of amides is 1. The molecule has 76 valence electrons. The predicted molar refractivity (Wildman–Crippen MR) is 50.5 cm³/mol. The minimum absolute atomic E-state index is 0.396. The third kappa shape index (κ3) is 2.81. The quantitative estimate of drug-likeness (QED) is 0.713. The molecule has 1 aromatic rings. The van der Waals surface area contributed by atoms with Gasteiger partial charge in [0, 0.05) is 5.56 Å². The van der Waals surface area contributed by atoms with E-state index in [4.69, 9.17) is 5.11 Å². The van der Waals surface area contributed by atoms with Crippen molar-refractivity contribution in [3.63, 3.8) is 0 Å². The van der Waals surface area contributed by atoms with Gasteiger partial charge in [0.2, 0.25) is 0 Å². The topological polar surface area (TPSA) is 49.3 Å². The standard InChI is InChI=1S/C10H12FNO2/c1-7(11)9(13)12-10(14)8-5-3-2-4-6-8/h2-7,9,13H,1H3,(H,12,14)/t7-,9+/m0/s1. The van der Waals surface area contributed by atoms with Gasteiger partial charge in [-0.2, -0.15) is 0 Å². The number of carbonyl (C=O) groups is 1. The van der Waals surface area contributed by atoms with Crippen LogP contribution in [0.15, 0.2) is 30.3 Å². The van der Waals surface area contributed by atoms with Gasteiger partial charge in [-0.05, 0) is 19.1 Å². The van der Waals surface area contributed by atoms with Gasteiger partial charge in [-0.1, -0.05) is 18.2 Å². The van der Waals surface area contributed by atoms with E-state index in [0.717, 1.165) is 0 Å². The van der Waals surface area contributed by atoms with Crippen molar-refractivity contribution in [2.75, 3.05) is 0 Å². The molecule has 2 N–H and O–H groups in total. The molecular formula is C10H12FNO2. The molecule has 0 unspecified atom stereocenters. The molecule has 0 radical (unpaired) electrons. The molecule has 1 rings (SSSR count). The Morgan fingerprint density at radius 1 is 1.43 bits per heavy atom. The summed E-state index contributed by atoms with van der Waals surface area (Å²) in [5, 5.41) is 11.2. The van der Waals surface area contributed by atoms with Crippen molar-refractivity contribution in [1.82, 2.24) is 5.32 Å². The Kier molecular flexibility index (Phi) is 3.59. The van der Waals surface area contributed by atoms with Gasteiger partial charge >= 0.3 is 0 Å². The highest BCUT2D eigenvalue weighted by atomic mass is 19.1. The second-order valence-corrected chi connectivity index (χ2v) is 2.96. The average Bonchev–Trinajstić information content (AvgIpc) is 2.19. The first kappa shape index (κ1) is 10.7. The molecule has 0 aliphatic carbocycles. The Balaban J connectivity index is 2.60. The zero-order valence-electron chi connectivity index (χ0n) is 7.77. The van der Waals surface area contributed by atoms with E-state index in [9.17, 15) is 9.18 Å². The summed E-state index contributed by atoms with van der Waals surface area (Å²) in [7, 11) is 0. The summed E-state index contributed by atoms with van der Waals surface area (Å²) in [6.45, 7) is 1.18. The fourth-order valence-electron chi connectivity index (χ4n) is 0.922. The highest BCUT2D eigenvalue weighted by molar-refractivity contribution is 5.94. The summed E-state index contributed by atoms with van der Waals surface area (Å²) in [6.07, 6.45) is -2.94. The van der Waals surface area contributed by atoms with Crippen LogP contribution in [0.3, 0.4) is 0 Å². The van der Waals surface area contributed by atoms with Crippen LogP contribution >= 0.6 is 0 Å².